The van der Waals surface area contributed by atoms with Gasteiger partial charge in [-0.2, -0.15) is 28.1 Å². The second-order valence-electron chi connectivity index (χ2n) is 4.50. The molecule has 8 nitrogen and oxygen atoms in total. The van der Waals surface area contributed by atoms with Crippen LogP contribution >= 0.6 is 0 Å². The summed E-state index contributed by atoms with van der Waals surface area (Å²) in [5.74, 6) is -0.224. The minimum absolute atomic E-state index is 0.0338. The van der Waals surface area contributed by atoms with E-state index >= 15 is 0 Å². The molecule has 0 aliphatic heterocycles. The molecule has 0 aromatic carbocycles. The molecular weight excluding hydrogens is 325 g/mol. The predicted molar refractivity (Wildman–Crippen MR) is 77.8 cm³/mol. The summed E-state index contributed by atoms with van der Waals surface area (Å²) in [5.41, 5.74) is 4.94. The summed E-state index contributed by atoms with van der Waals surface area (Å²) >= 11 is 0. The highest BCUT2D eigenvalue weighted by atomic mass is 19.4. The van der Waals surface area contributed by atoms with Gasteiger partial charge in [0, 0.05) is 0 Å². The van der Waals surface area contributed by atoms with Crippen molar-refractivity contribution in [3.05, 3.63) is 42.6 Å². The van der Waals surface area contributed by atoms with Gasteiger partial charge in [0.1, 0.15) is 17.7 Å². The van der Waals surface area contributed by atoms with E-state index in [-0.39, 0.29) is 23.4 Å². The molecule has 0 unspecified atom stereocenters. The van der Waals surface area contributed by atoms with Crippen LogP contribution in [0.15, 0.2) is 36.9 Å². The van der Waals surface area contributed by atoms with E-state index in [4.69, 9.17) is 5.73 Å². The number of alkyl halides is 3. The number of halogens is 3. The first-order chi connectivity index (χ1) is 11.4. The molecule has 0 fully saturated rings. The van der Waals surface area contributed by atoms with Crippen molar-refractivity contribution in [1.82, 2.24) is 29.9 Å². The lowest BCUT2D eigenvalue weighted by atomic mass is 10.3. The molecule has 0 atom stereocenters. The number of pyridine rings is 1. The number of aromatic nitrogens is 6. The number of anilines is 3. The highest BCUT2D eigenvalue weighted by molar-refractivity contribution is 5.57. The van der Waals surface area contributed by atoms with Crippen LogP contribution in [0.25, 0.3) is 11.5 Å². The standard InChI is InChI=1S/C13H9F3N8/c14-13(15,16)9-3-1-2-8(21-9)10-22-11(17)24-12(23-10)20-7-4-18-6-19-5-7/h1-6H,(H3,17,20,22,23,24). The quantitative estimate of drug-likeness (QED) is 0.748. The van der Waals surface area contributed by atoms with Crippen molar-refractivity contribution in [2.75, 3.05) is 11.1 Å². The molecule has 0 amide bonds. The highest BCUT2D eigenvalue weighted by Crippen LogP contribution is 2.29. The van der Waals surface area contributed by atoms with Gasteiger partial charge in [0.15, 0.2) is 5.82 Å². The maximum Gasteiger partial charge on any atom is 0.433 e. The molecule has 3 aromatic heterocycles. The van der Waals surface area contributed by atoms with Crippen LogP contribution in [0, 0.1) is 0 Å². The van der Waals surface area contributed by atoms with E-state index in [1.54, 1.807) is 0 Å². The Kier molecular flexibility index (Phi) is 3.90. The average molecular weight is 334 g/mol. The lowest BCUT2D eigenvalue weighted by Crippen LogP contribution is -2.10. The lowest BCUT2D eigenvalue weighted by molar-refractivity contribution is -0.141. The Bertz CT molecular complexity index is 853. The van der Waals surface area contributed by atoms with Crippen LogP contribution < -0.4 is 11.1 Å². The third-order valence-corrected chi connectivity index (χ3v) is 2.74. The molecule has 3 N–H and O–H groups in total. The Labute approximate surface area is 133 Å². The van der Waals surface area contributed by atoms with Crippen molar-refractivity contribution >= 4 is 17.6 Å². The van der Waals surface area contributed by atoms with Gasteiger partial charge in [0.2, 0.25) is 11.9 Å². The Morgan fingerprint density at radius 2 is 1.71 bits per heavy atom. The monoisotopic (exact) mass is 334 g/mol. The highest BCUT2D eigenvalue weighted by Gasteiger charge is 2.32. The normalized spacial score (nSPS) is 11.3. The number of hydrogen-bond donors (Lipinski definition) is 2. The van der Waals surface area contributed by atoms with Crippen molar-refractivity contribution < 1.29 is 13.2 Å². The number of nitrogen functional groups attached to an aromatic ring is 1. The van der Waals surface area contributed by atoms with Crippen LogP contribution in [0.2, 0.25) is 0 Å². The zero-order valence-electron chi connectivity index (χ0n) is 11.9. The Morgan fingerprint density at radius 1 is 0.958 bits per heavy atom. The van der Waals surface area contributed by atoms with Crippen molar-refractivity contribution in [2.45, 2.75) is 6.18 Å². The van der Waals surface area contributed by atoms with Crippen molar-refractivity contribution in [3.8, 4) is 11.5 Å². The third-order valence-electron chi connectivity index (χ3n) is 2.74. The lowest BCUT2D eigenvalue weighted by Gasteiger charge is -2.08. The van der Waals surface area contributed by atoms with Gasteiger partial charge in [0.05, 0.1) is 18.1 Å². The number of nitrogens with one attached hydrogen (secondary N) is 1. The van der Waals surface area contributed by atoms with Crippen LogP contribution in [0.4, 0.5) is 30.8 Å². The molecule has 0 radical (unpaired) electrons. The van der Waals surface area contributed by atoms with Gasteiger partial charge in [-0.3, -0.25) is 0 Å². The third kappa shape index (κ3) is 3.51. The summed E-state index contributed by atoms with van der Waals surface area (Å²) in [6, 6.07) is 3.41. The topological polar surface area (TPSA) is 115 Å². The fourth-order valence-electron chi connectivity index (χ4n) is 1.77. The van der Waals surface area contributed by atoms with E-state index in [0.29, 0.717) is 5.69 Å². The molecule has 0 aliphatic rings. The summed E-state index contributed by atoms with van der Waals surface area (Å²) in [6.07, 6.45) is -0.299. The van der Waals surface area contributed by atoms with Gasteiger partial charge >= 0.3 is 6.18 Å². The van der Waals surface area contributed by atoms with Gasteiger partial charge < -0.3 is 11.1 Å². The molecule has 3 heterocycles. The number of hydrogen-bond acceptors (Lipinski definition) is 8. The first-order valence-electron chi connectivity index (χ1n) is 6.50. The minimum atomic E-state index is -4.57. The van der Waals surface area contributed by atoms with E-state index in [2.05, 4.69) is 35.2 Å². The molecule has 3 aromatic rings. The first kappa shape index (κ1) is 15.5. The van der Waals surface area contributed by atoms with Gasteiger partial charge in [-0.15, -0.1) is 0 Å². The van der Waals surface area contributed by atoms with Crippen LogP contribution in [0.1, 0.15) is 5.69 Å². The molecule has 3 rings (SSSR count). The fourth-order valence-corrected chi connectivity index (χ4v) is 1.77. The van der Waals surface area contributed by atoms with Gasteiger partial charge in [-0.05, 0) is 12.1 Å². The number of rotatable bonds is 3. The maximum absolute atomic E-state index is 12.8. The van der Waals surface area contributed by atoms with E-state index in [1.807, 2.05) is 0 Å². The van der Waals surface area contributed by atoms with Crippen molar-refractivity contribution in [3.63, 3.8) is 0 Å². The Morgan fingerprint density at radius 3 is 2.42 bits per heavy atom. The second-order valence-corrected chi connectivity index (χ2v) is 4.50. The van der Waals surface area contributed by atoms with Crippen LogP contribution in [0.5, 0.6) is 0 Å². The SMILES string of the molecule is Nc1nc(Nc2cncnc2)nc(-c2cccc(C(F)(F)F)n2)n1. The largest absolute Gasteiger partial charge is 0.433 e. The molecule has 0 saturated heterocycles. The predicted octanol–water partition coefficient (Wildman–Crippen LogP) is 2.07. The van der Waals surface area contributed by atoms with Crippen molar-refractivity contribution in [2.24, 2.45) is 0 Å². The summed E-state index contributed by atoms with van der Waals surface area (Å²) in [5, 5.41) is 2.78. The summed E-state index contributed by atoms with van der Waals surface area (Å²) < 4.78 is 38.3. The van der Waals surface area contributed by atoms with E-state index in [0.717, 1.165) is 6.07 Å². The summed E-state index contributed by atoms with van der Waals surface area (Å²) in [6.45, 7) is 0. The average Bonchev–Trinajstić information content (AvgIpc) is 2.54. The van der Waals surface area contributed by atoms with E-state index in [9.17, 15) is 13.2 Å². The molecule has 24 heavy (non-hydrogen) atoms. The van der Waals surface area contributed by atoms with Gasteiger partial charge in [-0.1, -0.05) is 6.07 Å². The van der Waals surface area contributed by atoms with Gasteiger partial charge in [0.25, 0.3) is 0 Å². The number of nitrogens with zero attached hydrogens (tertiary/aromatic N) is 6. The Balaban J connectivity index is 1.97. The zero-order chi connectivity index (χ0) is 17.2. The first-order valence-corrected chi connectivity index (χ1v) is 6.50. The molecular formula is C13H9F3N8. The van der Waals surface area contributed by atoms with E-state index in [1.165, 1.54) is 30.9 Å². The van der Waals surface area contributed by atoms with Crippen LogP contribution in [-0.2, 0) is 6.18 Å². The number of nitrogens with two attached hydrogens (primary N) is 1. The minimum Gasteiger partial charge on any atom is -0.368 e. The van der Waals surface area contributed by atoms with Crippen LogP contribution in [0.3, 0.4) is 0 Å². The molecule has 0 spiro atoms. The molecule has 0 saturated carbocycles. The Hall–Kier alpha value is -3.37. The summed E-state index contributed by atoms with van der Waals surface area (Å²) in [4.78, 5) is 22.8. The van der Waals surface area contributed by atoms with Crippen molar-refractivity contribution in [1.29, 1.82) is 0 Å². The fraction of sp³-hybridized carbons (Fsp3) is 0.0769. The maximum atomic E-state index is 12.8. The smallest absolute Gasteiger partial charge is 0.368 e. The van der Waals surface area contributed by atoms with Crippen LogP contribution in [-0.4, -0.2) is 29.9 Å². The second kappa shape index (κ2) is 6.02. The molecule has 11 heteroatoms. The van der Waals surface area contributed by atoms with Gasteiger partial charge in [-0.25, -0.2) is 15.0 Å². The van der Waals surface area contributed by atoms with E-state index < -0.39 is 11.9 Å². The molecule has 122 valence electrons. The zero-order valence-corrected chi connectivity index (χ0v) is 11.9. The summed E-state index contributed by atoms with van der Waals surface area (Å²) in [7, 11) is 0. The molecule has 0 bridgehead atoms. The molecule has 0 aliphatic carbocycles.